The molecular weight excluding hydrogens is 258 g/mol. The van der Waals surface area contributed by atoms with E-state index >= 15 is 0 Å². The largest absolute Gasteiger partial charge is 0.472 e. The van der Waals surface area contributed by atoms with Crippen molar-refractivity contribution < 1.29 is 4.74 Å². The highest BCUT2D eigenvalue weighted by Gasteiger charge is 2.18. The Bertz CT molecular complexity index is 368. The molecule has 0 unspecified atom stereocenters. The van der Waals surface area contributed by atoms with Gasteiger partial charge in [0.25, 0.3) is 0 Å². The minimum Gasteiger partial charge on any atom is -0.472 e. The van der Waals surface area contributed by atoms with Crippen LogP contribution in [0.1, 0.15) is 12.8 Å². The summed E-state index contributed by atoms with van der Waals surface area (Å²) in [7, 11) is 0. The summed E-state index contributed by atoms with van der Waals surface area (Å²) in [6, 6.07) is 0. The van der Waals surface area contributed by atoms with Crippen LogP contribution in [0.25, 0.3) is 0 Å². The first-order valence-corrected chi connectivity index (χ1v) is 7.87. The van der Waals surface area contributed by atoms with Gasteiger partial charge in [0.1, 0.15) is 6.10 Å². The van der Waals surface area contributed by atoms with Crippen molar-refractivity contribution in [1.82, 2.24) is 14.9 Å². The number of nitrogens with zero attached hydrogens (tertiary/aromatic N) is 3. The van der Waals surface area contributed by atoms with Gasteiger partial charge < -0.3 is 4.74 Å². The van der Waals surface area contributed by atoms with Gasteiger partial charge in [0.15, 0.2) is 0 Å². The highest BCUT2D eigenvalue weighted by atomic mass is 32.2. The molecule has 1 aromatic heterocycles. The van der Waals surface area contributed by atoms with Gasteiger partial charge in [-0.15, -0.1) is 6.58 Å². The third-order valence-electron chi connectivity index (χ3n) is 3.09. The zero-order valence-electron chi connectivity index (χ0n) is 11.2. The van der Waals surface area contributed by atoms with Gasteiger partial charge in [0, 0.05) is 43.5 Å². The SMILES string of the molecule is C=CCC[C@H](CN1CCSCC1)Oc1cnccn1. The molecule has 1 aliphatic heterocycles. The first-order chi connectivity index (χ1) is 9.38. The zero-order chi connectivity index (χ0) is 13.3. The van der Waals surface area contributed by atoms with Crippen LogP contribution in [0.3, 0.4) is 0 Å². The molecule has 104 valence electrons. The van der Waals surface area contributed by atoms with E-state index in [2.05, 4.69) is 21.4 Å². The summed E-state index contributed by atoms with van der Waals surface area (Å²) < 4.78 is 5.95. The third kappa shape index (κ3) is 5.20. The molecule has 2 rings (SSSR count). The topological polar surface area (TPSA) is 38.2 Å². The average Bonchev–Trinajstić information content (AvgIpc) is 2.47. The van der Waals surface area contributed by atoms with Crippen molar-refractivity contribution in [1.29, 1.82) is 0 Å². The van der Waals surface area contributed by atoms with Crippen LogP contribution in [0.2, 0.25) is 0 Å². The van der Waals surface area contributed by atoms with Crippen LogP contribution in [0.5, 0.6) is 5.88 Å². The molecule has 1 aromatic rings. The van der Waals surface area contributed by atoms with E-state index in [-0.39, 0.29) is 6.10 Å². The molecule has 0 spiro atoms. The molecule has 1 fully saturated rings. The minimum atomic E-state index is 0.165. The van der Waals surface area contributed by atoms with Crippen LogP contribution in [-0.2, 0) is 0 Å². The summed E-state index contributed by atoms with van der Waals surface area (Å²) in [6.07, 6.45) is 9.05. The predicted molar refractivity (Wildman–Crippen MR) is 79.6 cm³/mol. The van der Waals surface area contributed by atoms with Crippen LogP contribution in [0, 0.1) is 0 Å². The molecule has 4 nitrogen and oxygen atoms in total. The van der Waals surface area contributed by atoms with Gasteiger partial charge in [-0.05, 0) is 12.8 Å². The number of allylic oxidation sites excluding steroid dienone is 1. The van der Waals surface area contributed by atoms with E-state index in [0.717, 1.165) is 32.5 Å². The minimum absolute atomic E-state index is 0.165. The standard InChI is InChI=1S/C14H21N3OS/c1-2-3-4-13(12-17-7-9-19-10-8-17)18-14-11-15-5-6-16-14/h2,5-6,11,13H,1,3-4,7-10,12H2/t13-/m1/s1. The smallest absolute Gasteiger partial charge is 0.232 e. The first-order valence-electron chi connectivity index (χ1n) is 6.72. The van der Waals surface area contributed by atoms with Gasteiger partial charge in [-0.25, -0.2) is 4.98 Å². The van der Waals surface area contributed by atoms with E-state index in [1.807, 2.05) is 17.8 Å². The Balaban J connectivity index is 1.88. The second-order valence-corrected chi connectivity index (χ2v) is 5.79. The van der Waals surface area contributed by atoms with Crippen molar-refractivity contribution in [2.45, 2.75) is 18.9 Å². The Labute approximate surface area is 119 Å². The number of hydrogen-bond donors (Lipinski definition) is 0. The van der Waals surface area contributed by atoms with Gasteiger partial charge in [-0.2, -0.15) is 11.8 Å². The maximum Gasteiger partial charge on any atom is 0.232 e. The van der Waals surface area contributed by atoms with Gasteiger partial charge in [0.05, 0.1) is 6.20 Å². The van der Waals surface area contributed by atoms with Crippen molar-refractivity contribution in [2.75, 3.05) is 31.1 Å². The maximum absolute atomic E-state index is 5.95. The molecular formula is C14H21N3OS. The van der Waals surface area contributed by atoms with Crippen molar-refractivity contribution >= 4 is 11.8 Å². The van der Waals surface area contributed by atoms with Crippen molar-refractivity contribution in [2.24, 2.45) is 0 Å². The number of aromatic nitrogens is 2. The van der Waals surface area contributed by atoms with Crippen LogP contribution >= 0.6 is 11.8 Å². The number of rotatable bonds is 7. The van der Waals surface area contributed by atoms with E-state index in [1.165, 1.54) is 11.5 Å². The van der Waals surface area contributed by atoms with Gasteiger partial charge >= 0.3 is 0 Å². The highest BCUT2D eigenvalue weighted by Crippen LogP contribution is 2.14. The monoisotopic (exact) mass is 279 g/mol. The summed E-state index contributed by atoms with van der Waals surface area (Å²) in [6.45, 7) is 7.05. The van der Waals surface area contributed by atoms with E-state index < -0.39 is 0 Å². The summed E-state index contributed by atoms with van der Waals surface area (Å²) in [5.41, 5.74) is 0. The second kappa shape index (κ2) is 8.17. The quantitative estimate of drug-likeness (QED) is 0.716. The van der Waals surface area contributed by atoms with Crippen molar-refractivity contribution in [3.05, 3.63) is 31.2 Å². The lowest BCUT2D eigenvalue weighted by atomic mass is 10.2. The van der Waals surface area contributed by atoms with Crippen LogP contribution < -0.4 is 4.74 Å². The molecule has 0 bridgehead atoms. The van der Waals surface area contributed by atoms with Crippen LogP contribution in [-0.4, -0.2) is 52.1 Å². The van der Waals surface area contributed by atoms with Crippen LogP contribution in [0.4, 0.5) is 0 Å². The van der Waals surface area contributed by atoms with Gasteiger partial charge in [-0.3, -0.25) is 9.88 Å². The molecule has 1 saturated heterocycles. The summed E-state index contributed by atoms with van der Waals surface area (Å²) >= 11 is 2.03. The fraction of sp³-hybridized carbons (Fsp3) is 0.571. The molecule has 0 N–H and O–H groups in total. The fourth-order valence-corrected chi connectivity index (χ4v) is 3.06. The molecule has 19 heavy (non-hydrogen) atoms. The molecule has 0 radical (unpaired) electrons. The highest BCUT2D eigenvalue weighted by molar-refractivity contribution is 7.99. The second-order valence-electron chi connectivity index (χ2n) is 4.56. The molecule has 1 aliphatic rings. The molecule has 0 saturated carbocycles. The maximum atomic E-state index is 5.95. The lowest BCUT2D eigenvalue weighted by molar-refractivity contribution is 0.126. The van der Waals surface area contributed by atoms with Crippen molar-refractivity contribution in [3.63, 3.8) is 0 Å². The van der Waals surface area contributed by atoms with Crippen molar-refractivity contribution in [3.8, 4) is 5.88 Å². The molecule has 5 heteroatoms. The Morgan fingerprint density at radius 1 is 1.42 bits per heavy atom. The van der Waals surface area contributed by atoms with Gasteiger partial charge in [-0.1, -0.05) is 6.08 Å². The summed E-state index contributed by atoms with van der Waals surface area (Å²) in [4.78, 5) is 10.7. The third-order valence-corrected chi connectivity index (χ3v) is 4.03. The van der Waals surface area contributed by atoms with Crippen LogP contribution in [0.15, 0.2) is 31.2 Å². The molecule has 0 amide bonds. The Morgan fingerprint density at radius 3 is 2.95 bits per heavy atom. The Hall–Kier alpha value is -1.07. The molecule has 0 aliphatic carbocycles. The average molecular weight is 279 g/mol. The Morgan fingerprint density at radius 2 is 2.26 bits per heavy atom. The fourth-order valence-electron chi connectivity index (χ4n) is 2.08. The van der Waals surface area contributed by atoms with E-state index in [9.17, 15) is 0 Å². The van der Waals surface area contributed by atoms with E-state index in [0.29, 0.717) is 5.88 Å². The normalized spacial score (nSPS) is 17.9. The number of ether oxygens (including phenoxy) is 1. The summed E-state index contributed by atoms with van der Waals surface area (Å²) in [5, 5.41) is 0. The Kier molecular flexibility index (Phi) is 6.17. The number of thioether (sulfide) groups is 1. The first kappa shape index (κ1) is 14.3. The lowest BCUT2D eigenvalue weighted by Gasteiger charge is -2.30. The predicted octanol–water partition coefficient (Wildman–Crippen LogP) is 2.24. The van der Waals surface area contributed by atoms with E-state index in [1.54, 1.807) is 18.6 Å². The lowest BCUT2D eigenvalue weighted by Crippen LogP contribution is -2.40. The van der Waals surface area contributed by atoms with E-state index in [4.69, 9.17) is 4.74 Å². The zero-order valence-corrected chi connectivity index (χ0v) is 12.0. The summed E-state index contributed by atoms with van der Waals surface area (Å²) in [5.74, 6) is 3.06. The molecule has 0 aromatic carbocycles. The number of hydrogen-bond acceptors (Lipinski definition) is 5. The molecule has 1 atom stereocenters. The van der Waals surface area contributed by atoms with Gasteiger partial charge in [0.2, 0.25) is 5.88 Å². The molecule has 2 heterocycles.